The van der Waals surface area contributed by atoms with E-state index in [1.54, 1.807) is 0 Å². The highest BCUT2D eigenvalue weighted by Crippen LogP contribution is 2.61. The van der Waals surface area contributed by atoms with E-state index < -0.39 is 0 Å². The summed E-state index contributed by atoms with van der Waals surface area (Å²) in [4.78, 5) is 4.34. The van der Waals surface area contributed by atoms with Crippen LogP contribution in [0.15, 0.2) is 4.52 Å². The zero-order valence-corrected chi connectivity index (χ0v) is 11.5. The molecule has 0 aromatic carbocycles. The van der Waals surface area contributed by atoms with E-state index in [1.807, 2.05) is 0 Å². The minimum atomic E-state index is 0.352. The van der Waals surface area contributed by atoms with Crippen LogP contribution in [0, 0.1) is 23.2 Å². The van der Waals surface area contributed by atoms with Crippen molar-refractivity contribution < 1.29 is 4.52 Å². The molecule has 2 N–H and O–H groups in total. The maximum absolute atomic E-state index is 5.51. The molecule has 5 rings (SSSR count). The van der Waals surface area contributed by atoms with Crippen LogP contribution in [0.25, 0.3) is 0 Å². The summed E-state index contributed by atoms with van der Waals surface area (Å²) < 4.78 is 5.10. The summed E-state index contributed by atoms with van der Waals surface area (Å²) in [5.74, 6) is 4.50. The third-order valence-corrected chi connectivity index (χ3v) is 5.73. The maximum Gasteiger partial charge on any atom is 0.240 e. The fourth-order valence-corrected chi connectivity index (χ4v) is 5.45. The van der Waals surface area contributed by atoms with Crippen molar-refractivity contribution in [3.63, 3.8) is 0 Å². The van der Waals surface area contributed by atoms with E-state index in [0.717, 1.165) is 30.0 Å². The van der Waals surface area contributed by atoms with Crippen molar-refractivity contribution in [2.24, 2.45) is 28.9 Å². The van der Waals surface area contributed by atoms with Crippen LogP contribution in [0.5, 0.6) is 0 Å². The molecule has 0 atom stereocenters. The minimum absolute atomic E-state index is 0.352. The van der Waals surface area contributed by atoms with Crippen molar-refractivity contribution in [1.29, 1.82) is 0 Å². The highest BCUT2D eigenvalue weighted by Gasteiger charge is 2.50. The quantitative estimate of drug-likeness (QED) is 0.905. The van der Waals surface area contributed by atoms with Crippen molar-refractivity contribution in [2.75, 3.05) is 0 Å². The van der Waals surface area contributed by atoms with Gasteiger partial charge in [0.15, 0.2) is 5.82 Å². The molecule has 0 saturated heterocycles. The van der Waals surface area contributed by atoms with E-state index in [2.05, 4.69) is 10.1 Å². The third kappa shape index (κ3) is 2.10. The van der Waals surface area contributed by atoms with Crippen LogP contribution in [-0.4, -0.2) is 10.1 Å². The summed E-state index contributed by atoms with van der Waals surface area (Å²) in [5.41, 5.74) is 6.12. The van der Waals surface area contributed by atoms with Crippen LogP contribution in [0.1, 0.15) is 56.7 Å². The first-order valence-electron chi connectivity index (χ1n) is 7.76. The van der Waals surface area contributed by atoms with Gasteiger partial charge in [0.2, 0.25) is 5.89 Å². The monoisotopic (exact) mass is 261 g/mol. The van der Waals surface area contributed by atoms with E-state index in [9.17, 15) is 0 Å². The fourth-order valence-electron chi connectivity index (χ4n) is 5.45. The van der Waals surface area contributed by atoms with Crippen LogP contribution in [0.4, 0.5) is 0 Å². The molecular formula is C15H23N3O. The number of hydrogen-bond donors (Lipinski definition) is 1. The standard InChI is InChI=1S/C15H23N3O/c16-9-14-17-13(18-19-14)1-2-15-6-10-3-11(7-15)5-12(4-10)8-15/h10-12H,1-9,16H2. The molecular weight excluding hydrogens is 238 g/mol. The molecule has 4 aliphatic rings. The average molecular weight is 261 g/mol. The largest absolute Gasteiger partial charge is 0.338 e. The molecule has 0 aliphatic heterocycles. The summed E-state index contributed by atoms with van der Waals surface area (Å²) in [6, 6.07) is 0. The molecule has 4 aliphatic carbocycles. The first kappa shape index (κ1) is 11.9. The fraction of sp³-hybridized carbons (Fsp3) is 0.867. The van der Waals surface area contributed by atoms with Gasteiger partial charge in [0.25, 0.3) is 0 Å². The molecule has 4 nitrogen and oxygen atoms in total. The van der Waals surface area contributed by atoms with Gasteiger partial charge >= 0.3 is 0 Å². The Bertz CT molecular complexity index is 432. The van der Waals surface area contributed by atoms with Crippen molar-refractivity contribution >= 4 is 0 Å². The summed E-state index contributed by atoms with van der Waals surface area (Å²) >= 11 is 0. The summed E-state index contributed by atoms with van der Waals surface area (Å²) in [7, 11) is 0. The van der Waals surface area contributed by atoms with Crippen molar-refractivity contribution in [3.05, 3.63) is 11.7 Å². The van der Waals surface area contributed by atoms with E-state index in [4.69, 9.17) is 10.3 Å². The molecule has 0 unspecified atom stereocenters. The van der Waals surface area contributed by atoms with Crippen LogP contribution < -0.4 is 5.73 Å². The number of aromatic nitrogens is 2. The summed E-state index contributed by atoms with van der Waals surface area (Å²) in [6.07, 6.45) is 11.1. The normalized spacial score (nSPS) is 39.9. The van der Waals surface area contributed by atoms with Gasteiger partial charge < -0.3 is 10.3 Å². The van der Waals surface area contributed by atoms with Crippen molar-refractivity contribution in [3.8, 4) is 0 Å². The Morgan fingerprint density at radius 3 is 2.26 bits per heavy atom. The van der Waals surface area contributed by atoms with Gasteiger partial charge in [0, 0.05) is 6.42 Å². The van der Waals surface area contributed by atoms with Gasteiger partial charge in [-0.15, -0.1) is 0 Å². The van der Waals surface area contributed by atoms with E-state index in [1.165, 1.54) is 44.9 Å². The predicted octanol–water partition coefficient (Wildman–Crippen LogP) is 2.68. The van der Waals surface area contributed by atoms with Gasteiger partial charge in [0.05, 0.1) is 6.54 Å². The van der Waals surface area contributed by atoms with Gasteiger partial charge in [-0.2, -0.15) is 4.98 Å². The Labute approximate surface area is 114 Å². The molecule has 104 valence electrons. The molecule has 0 spiro atoms. The molecule has 19 heavy (non-hydrogen) atoms. The van der Waals surface area contributed by atoms with Crippen LogP contribution in [0.2, 0.25) is 0 Å². The maximum atomic E-state index is 5.51. The highest BCUT2D eigenvalue weighted by molar-refractivity contribution is 5.02. The molecule has 4 bridgehead atoms. The Hall–Kier alpha value is -0.900. The topological polar surface area (TPSA) is 64.9 Å². The number of nitrogens with zero attached hydrogens (tertiary/aromatic N) is 2. The van der Waals surface area contributed by atoms with Gasteiger partial charge in [-0.1, -0.05) is 5.16 Å². The number of rotatable bonds is 4. The average Bonchev–Trinajstić information content (AvgIpc) is 2.83. The van der Waals surface area contributed by atoms with Gasteiger partial charge in [0.1, 0.15) is 0 Å². The molecule has 1 aromatic rings. The van der Waals surface area contributed by atoms with Crippen LogP contribution in [-0.2, 0) is 13.0 Å². The first-order valence-corrected chi connectivity index (χ1v) is 7.76. The second kappa shape index (κ2) is 4.30. The second-order valence-electron chi connectivity index (χ2n) is 7.23. The first-order chi connectivity index (χ1) is 9.25. The lowest BCUT2D eigenvalue weighted by Crippen LogP contribution is -2.46. The van der Waals surface area contributed by atoms with Crippen molar-refractivity contribution in [2.45, 2.75) is 57.9 Å². The zero-order chi connectivity index (χ0) is 12.9. The molecule has 1 aromatic heterocycles. The number of nitrogens with two attached hydrogens (primary N) is 1. The Kier molecular flexibility index (Phi) is 2.69. The Balaban J connectivity index is 1.44. The number of hydrogen-bond acceptors (Lipinski definition) is 4. The molecule has 4 heteroatoms. The SMILES string of the molecule is NCc1nc(CCC23CC4CC(CC(C4)C2)C3)no1. The Morgan fingerprint density at radius 2 is 1.74 bits per heavy atom. The smallest absolute Gasteiger partial charge is 0.240 e. The summed E-state index contributed by atoms with van der Waals surface area (Å²) in [6.45, 7) is 0.352. The lowest BCUT2D eigenvalue weighted by molar-refractivity contribution is -0.0572. The lowest BCUT2D eigenvalue weighted by Gasteiger charge is -2.57. The van der Waals surface area contributed by atoms with E-state index in [-0.39, 0.29) is 0 Å². The molecule has 4 saturated carbocycles. The molecule has 4 fully saturated rings. The van der Waals surface area contributed by atoms with Crippen LogP contribution in [0.3, 0.4) is 0 Å². The third-order valence-electron chi connectivity index (χ3n) is 5.73. The summed E-state index contributed by atoms with van der Waals surface area (Å²) in [5, 5.41) is 4.04. The zero-order valence-electron chi connectivity index (χ0n) is 11.5. The Morgan fingerprint density at radius 1 is 1.11 bits per heavy atom. The lowest BCUT2D eigenvalue weighted by atomic mass is 9.48. The van der Waals surface area contributed by atoms with Gasteiger partial charge in [-0.05, 0) is 68.1 Å². The number of aryl methyl sites for hydroxylation is 1. The molecule has 0 radical (unpaired) electrons. The van der Waals surface area contributed by atoms with E-state index in [0.29, 0.717) is 17.9 Å². The highest BCUT2D eigenvalue weighted by atomic mass is 16.5. The van der Waals surface area contributed by atoms with Crippen molar-refractivity contribution in [1.82, 2.24) is 10.1 Å². The molecule has 0 amide bonds. The predicted molar refractivity (Wildman–Crippen MR) is 71.1 cm³/mol. The minimum Gasteiger partial charge on any atom is -0.338 e. The van der Waals surface area contributed by atoms with Crippen LogP contribution >= 0.6 is 0 Å². The van der Waals surface area contributed by atoms with E-state index >= 15 is 0 Å². The molecule has 1 heterocycles. The van der Waals surface area contributed by atoms with Gasteiger partial charge in [-0.25, -0.2) is 0 Å². The second-order valence-corrected chi connectivity index (χ2v) is 7.23. The van der Waals surface area contributed by atoms with Gasteiger partial charge in [-0.3, -0.25) is 0 Å².